The summed E-state index contributed by atoms with van der Waals surface area (Å²) in [6, 6.07) is 13.4. The normalized spacial score (nSPS) is 11.1. The molecular weight excluding hydrogens is 564 g/mol. The van der Waals surface area contributed by atoms with E-state index in [0.717, 1.165) is 21.7 Å². The monoisotopic (exact) mass is 610 g/mol. The van der Waals surface area contributed by atoms with E-state index >= 15 is 0 Å². The number of carbonyl (C=O) groups excluding carboxylic acids is 2. The summed E-state index contributed by atoms with van der Waals surface area (Å²) in [5.74, 6) is 5.45. The van der Waals surface area contributed by atoms with Crippen molar-refractivity contribution in [1.29, 1.82) is 0 Å². The van der Waals surface area contributed by atoms with Gasteiger partial charge in [0.15, 0.2) is 0 Å². The Balaban J connectivity index is 0.000000696. The van der Waals surface area contributed by atoms with Crippen LogP contribution in [0.25, 0.3) is 0 Å². The molecule has 2 rings (SSSR count). The Hall–Kier alpha value is -3.72. The molecule has 14 heteroatoms. The highest BCUT2D eigenvalue weighted by Gasteiger charge is 2.21. The minimum absolute atomic E-state index is 0.141. The van der Waals surface area contributed by atoms with Crippen molar-refractivity contribution in [3.63, 3.8) is 0 Å². The van der Waals surface area contributed by atoms with Gasteiger partial charge in [-0.1, -0.05) is 77.9 Å². The van der Waals surface area contributed by atoms with Crippen LogP contribution in [-0.4, -0.2) is 61.5 Å². The van der Waals surface area contributed by atoms with Gasteiger partial charge in [0.1, 0.15) is 0 Å². The largest absolute Gasteiger partial charge is 0.464 e. The summed E-state index contributed by atoms with van der Waals surface area (Å²) in [6.45, 7) is 13.3. The van der Waals surface area contributed by atoms with Crippen molar-refractivity contribution in [3.8, 4) is 0 Å². The number of amides is 4. The molecule has 0 aromatic heterocycles. The lowest BCUT2D eigenvalue weighted by molar-refractivity contribution is 0.0960. The van der Waals surface area contributed by atoms with Crippen molar-refractivity contribution in [2.75, 3.05) is 20.4 Å². The minimum atomic E-state index is -3.67. The standard InChI is InChI=1S/C14H21N3O3.C13H21N3O.CH4O3S/c1-14(2,3)11-6-5-9(8-16-17-13(19)20)7-10(11)12(18)15-4;1-13(2,3)11-7-5-10(6-8-11)9-16(14)12(17)15-4;1-5(2,3)4/h5-7,16-17H,8H2,1-4H3,(H,15,18)(H,19,20);5-8H,9,14H2,1-4H3,(H,15,17);1H3,(H,2,3,4). The van der Waals surface area contributed by atoms with Gasteiger partial charge in [-0.25, -0.2) is 20.9 Å². The van der Waals surface area contributed by atoms with Gasteiger partial charge in [0.05, 0.1) is 12.8 Å². The fourth-order valence-electron chi connectivity index (χ4n) is 3.42. The Bertz CT molecular complexity index is 1280. The predicted molar refractivity (Wildman–Crippen MR) is 163 cm³/mol. The number of carboxylic acid groups (broad SMARTS) is 1. The van der Waals surface area contributed by atoms with Gasteiger partial charge < -0.3 is 15.7 Å². The number of nitrogens with two attached hydrogens (primary N) is 1. The van der Waals surface area contributed by atoms with E-state index < -0.39 is 16.2 Å². The topological polar surface area (TPSA) is 203 Å². The molecule has 0 unspecified atom stereocenters. The molecule has 236 valence electrons. The van der Waals surface area contributed by atoms with E-state index in [1.54, 1.807) is 20.2 Å². The molecule has 0 aliphatic rings. The molecule has 0 aliphatic heterocycles. The number of hydrogen-bond acceptors (Lipinski definition) is 7. The van der Waals surface area contributed by atoms with Crippen LogP contribution in [0.2, 0.25) is 0 Å². The number of urea groups is 1. The lowest BCUT2D eigenvalue weighted by Crippen LogP contribution is -2.42. The highest BCUT2D eigenvalue weighted by Crippen LogP contribution is 2.27. The molecule has 0 bridgehead atoms. The third kappa shape index (κ3) is 15.9. The molecule has 4 amide bonds. The zero-order valence-electron chi connectivity index (χ0n) is 25.8. The molecule has 0 atom stereocenters. The van der Waals surface area contributed by atoms with Gasteiger partial charge in [0.25, 0.3) is 16.0 Å². The Morgan fingerprint density at radius 2 is 1.38 bits per heavy atom. The number of nitrogens with one attached hydrogen (secondary N) is 4. The van der Waals surface area contributed by atoms with Gasteiger partial charge in [0.2, 0.25) is 0 Å². The average molecular weight is 611 g/mol. The first-order chi connectivity index (χ1) is 19.1. The maximum atomic E-state index is 12.0. The maximum absolute atomic E-state index is 12.0. The number of hydrogen-bond donors (Lipinski definition) is 7. The molecule has 0 radical (unpaired) electrons. The Morgan fingerprint density at radius 1 is 0.881 bits per heavy atom. The van der Waals surface area contributed by atoms with Gasteiger partial charge in [0, 0.05) is 26.2 Å². The molecular formula is C28H46N6O7S. The molecule has 2 aromatic rings. The SMILES string of the molecule is CNC(=O)N(N)Cc1ccc(C(C)(C)C)cc1.CNC(=O)c1cc(CNNC(=O)O)ccc1C(C)(C)C.CS(=O)(=O)O. The Kier molecular flexibility index (Phi) is 15.2. The van der Waals surface area contributed by atoms with Crippen LogP contribution in [0.1, 0.15) is 74.2 Å². The van der Waals surface area contributed by atoms with E-state index in [1.807, 2.05) is 45.0 Å². The van der Waals surface area contributed by atoms with Crippen LogP contribution < -0.4 is 27.3 Å². The quantitative estimate of drug-likeness (QED) is 0.111. The fourth-order valence-corrected chi connectivity index (χ4v) is 3.42. The van der Waals surface area contributed by atoms with Crippen LogP contribution in [-0.2, 0) is 34.0 Å². The van der Waals surface area contributed by atoms with E-state index in [0.29, 0.717) is 24.9 Å². The van der Waals surface area contributed by atoms with Crippen molar-refractivity contribution >= 4 is 28.1 Å². The third-order valence-electron chi connectivity index (χ3n) is 5.50. The predicted octanol–water partition coefficient (Wildman–Crippen LogP) is 3.12. The van der Waals surface area contributed by atoms with Crippen LogP contribution in [0.5, 0.6) is 0 Å². The average Bonchev–Trinajstić information content (AvgIpc) is 2.86. The lowest BCUT2D eigenvalue weighted by Gasteiger charge is -2.23. The summed E-state index contributed by atoms with van der Waals surface area (Å²) in [5, 5.41) is 14.8. The molecule has 42 heavy (non-hydrogen) atoms. The van der Waals surface area contributed by atoms with E-state index in [9.17, 15) is 22.8 Å². The first-order valence-electron chi connectivity index (χ1n) is 12.9. The molecule has 2 aromatic carbocycles. The summed E-state index contributed by atoms with van der Waals surface area (Å²) < 4.78 is 25.9. The van der Waals surface area contributed by atoms with Crippen molar-refractivity contribution in [3.05, 3.63) is 70.3 Å². The lowest BCUT2D eigenvalue weighted by atomic mass is 9.83. The van der Waals surface area contributed by atoms with E-state index in [4.69, 9.17) is 15.5 Å². The van der Waals surface area contributed by atoms with Gasteiger partial charge in [-0.15, -0.1) is 0 Å². The summed E-state index contributed by atoms with van der Waals surface area (Å²) in [7, 11) is -0.517. The number of rotatable bonds is 6. The smallest absolute Gasteiger partial charge is 0.419 e. The second-order valence-corrected chi connectivity index (χ2v) is 12.8. The minimum Gasteiger partial charge on any atom is -0.464 e. The van der Waals surface area contributed by atoms with Crippen LogP contribution >= 0.6 is 0 Å². The second kappa shape index (κ2) is 16.7. The van der Waals surface area contributed by atoms with Gasteiger partial charge in [-0.05, 0) is 39.2 Å². The van der Waals surface area contributed by atoms with E-state index in [-0.39, 0.29) is 22.8 Å². The highest BCUT2D eigenvalue weighted by molar-refractivity contribution is 7.85. The summed E-state index contributed by atoms with van der Waals surface area (Å²) in [6.07, 6.45) is -0.435. The number of benzene rings is 2. The first-order valence-corrected chi connectivity index (χ1v) is 14.8. The van der Waals surface area contributed by atoms with Crippen molar-refractivity contribution in [2.24, 2.45) is 5.84 Å². The van der Waals surface area contributed by atoms with Gasteiger partial charge >= 0.3 is 12.1 Å². The molecule has 0 spiro atoms. The van der Waals surface area contributed by atoms with Crippen LogP contribution in [0.15, 0.2) is 42.5 Å². The van der Waals surface area contributed by atoms with Crippen molar-refractivity contribution in [1.82, 2.24) is 26.5 Å². The summed E-state index contributed by atoms with van der Waals surface area (Å²) in [5.41, 5.74) is 9.29. The Labute approximate surface area is 248 Å². The third-order valence-corrected chi connectivity index (χ3v) is 5.50. The molecule has 0 saturated carbocycles. The number of nitrogens with zero attached hydrogens (tertiary/aromatic N) is 1. The van der Waals surface area contributed by atoms with E-state index in [1.165, 1.54) is 5.56 Å². The second-order valence-electron chi connectivity index (χ2n) is 11.4. The van der Waals surface area contributed by atoms with Crippen LogP contribution in [0, 0.1) is 0 Å². The zero-order chi connectivity index (χ0) is 32.9. The van der Waals surface area contributed by atoms with E-state index in [2.05, 4.69) is 54.4 Å². The molecule has 0 heterocycles. The summed E-state index contributed by atoms with van der Waals surface area (Å²) in [4.78, 5) is 33.6. The fraction of sp³-hybridized carbons (Fsp3) is 0.464. The Morgan fingerprint density at radius 3 is 1.79 bits per heavy atom. The molecule has 0 aliphatic carbocycles. The van der Waals surface area contributed by atoms with Crippen molar-refractivity contribution < 1.29 is 32.5 Å². The van der Waals surface area contributed by atoms with Gasteiger partial charge in [-0.3, -0.25) is 19.8 Å². The summed E-state index contributed by atoms with van der Waals surface area (Å²) >= 11 is 0. The number of carbonyl (C=O) groups is 3. The number of hydrazine groups is 2. The van der Waals surface area contributed by atoms with Gasteiger partial charge in [-0.2, -0.15) is 8.42 Å². The zero-order valence-corrected chi connectivity index (χ0v) is 26.6. The highest BCUT2D eigenvalue weighted by atomic mass is 32.2. The molecule has 8 N–H and O–H groups in total. The maximum Gasteiger partial charge on any atom is 0.419 e. The van der Waals surface area contributed by atoms with Crippen LogP contribution in [0.3, 0.4) is 0 Å². The van der Waals surface area contributed by atoms with Crippen molar-refractivity contribution in [2.45, 2.75) is 65.5 Å². The van der Waals surface area contributed by atoms with Crippen LogP contribution in [0.4, 0.5) is 9.59 Å². The molecule has 0 saturated heterocycles. The molecule has 0 fully saturated rings. The first kappa shape index (κ1) is 38.3. The molecule has 13 nitrogen and oxygen atoms in total.